The Hall–Kier alpha value is -0.120. The van der Waals surface area contributed by atoms with Gasteiger partial charge in [0.1, 0.15) is 0 Å². The summed E-state index contributed by atoms with van der Waals surface area (Å²) >= 11 is 0. The van der Waals surface area contributed by atoms with E-state index in [1.54, 1.807) is 0 Å². The van der Waals surface area contributed by atoms with Crippen LogP contribution in [-0.4, -0.2) is 49.0 Å². The van der Waals surface area contributed by atoms with Crippen LogP contribution < -0.4 is 0 Å². The molecule has 2 aliphatic heterocycles. The molecule has 2 rings (SSSR count). The number of hydrogen-bond acceptors (Lipinski definition) is 3. The summed E-state index contributed by atoms with van der Waals surface area (Å²) in [5.41, 5.74) is 0. The summed E-state index contributed by atoms with van der Waals surface area (Å²) in [6.45, 7) is 4.72. The molecule has 0 radical (unpaired) electrons. The Morgan fingerprint density at radius 2 is 2.29 bits per heavy atom. The van der Waals surface area contributed by atoms with Crippen LogP contribution in [0.4, 0.5) is 0 Å². The number of rotatable bonds is 4. The van der Waals surface area contributed by atoms with E-state index >= 15 is 0 Å². The van der Waals surface area contributed by atoms with Crippen molar-refractivity contribution in [2.24, 2.45) is 5.92 Å². The van der Waals surface area contributed by atoms with Crippen LogP contribution in [0.15, 0.2) is 0 Å². The van der Waals surface area contributed by atoms with Crippen molar-refractivity contribution in [3.8, 4) is 0 Å². The molecule has 2 heterocycles. The molecule has 0 aromatic rings. The highest BCUT2D eigenvalue weighted by molar-refractivity contribution is 4.76. The summed E-state index contributed by atoms with van der Waals surface area (Å²) in [5.74, 6) is 0.527. The van der Waals surface area contributed by atoms with Crippen molar-refractivity contribution in [2.45, 2.75) is 31.8 Å². The summed E-state index contributed by atoms with van der Waals surface area (Å²) in [6, 6.07) is 0. The lowest BCUT2D eigenvalue weighted by Gasteiger charge is -2.17. The monoisotopic (exact) mass is 199 g/mol. The van der Waals surface area contributed by atoms with Crippen molar-refractivity contribution in [3.63, 3.8) is 0 Å². The fraction of sp³-hybridized carbons (Fsp3) is 1.00. The first kappa shape index (κ1) is 10.4. The molecule has 3 heteroatoms. The average molecular weight is 199 g/mol. The lowest BCUT2D eigenvalue weighted by molar-refractivity contribution is 0.0940. The average Bonchev–Trinajstić information content (AvgIpc) is 2.86. The van der Waals surface area contributed by atoms with Crippen LogP contribution in [0, 0.1) is 5.92 Å². The minimum absolute atomic E-state index is 0.358. The highest BCUT2D eigenvalue weighted by Crippen LogP contribution is 2.19. The Labute approximate surface area is 86.0 Å². The van der Waals surface area contributed by atoms with Gasteiger partial charge in [-0.15, -0.1) is 0 Å². The van der Waals surface area contributed by atoms with E-state index in [9.17, 15) is 0 Å². The van der Waals surface area contributed by atoms with Crippen molar-refractivity contribution < 1.29 is 9.84 Å². The molecule has 2 aliphatic rings. The fourth-order valence-corrected chi connectivity index (χ4v) is 2.46. The van der Waals surface area contributed by atoms with E-state index in [2.05, 4.69) is 4.90 Å². The van der Waals surface area contributed by atoms with Crippen LogP contribution in [0.2, 0.25) is 0 Å². The summed E-state index contributed by atoms with van der Waals surface area (Å²) in [4.78, 5) is 2.46. The third kappa shape index (κ3) is 2.69. The molecule has 1 N–H and O–H groups in total. The van der Waals surface area contributed by atoms with E-state index in [0.29, 0.717) is 18.6 Å². The summed E-state index contributed by atoms with van der Waals surface area (Å²) in [5, 5.41) is 9.01. The number of hydrogen-bond donors (Lipinski definition) is 1. The highest BCUT2D eigenvalue weighted by atomic mass is 16.5. The third-order valence-electron chi connectivity index (χ3n) is 3.42. The Balaban J connectivity index is 1.61. The Bertz CT molecular complexity index is 169. The van der Waals surface area contributed by atoms with Gasteiger partial charge >= 0.3 is 0 Å². The van der Waals surface area contributed by atoms with E-state index in [1.165, 1.54) is 25.7 Å². The molecule has 0 aromatic carbocycles. The molecule has 2 atom stereocenters. The normalized spacial score (nSPS) is 34.1. The van der Waals surface area contributed by atoms with Gasteiger partial charge in [0.15, 0.2) is 0 Å². The van der Waals surface area contributed by atoms with Gasteiger partial charge in [0.2, 0.25) is 0 Å². The van der Waals surface area contributed by atoms with Crippen molar-refractivity contribution in [1.29, 1.82) is 0 Å². The second-order valence-corrected chi connectivity index (χ2v) is 4.56. The summed E-state index contributed by atoms with van der Waals surface area (Å²) in [7, 11) is 0. The molecule has 0 aromatic heterocycles. The molecule has 0 aliphatic carbocycles. The van der Waals surface area contributed by atoms with Crippen molar-refractivity contribution in [2.75, 3.05) is 32.8 Å². The number of likely N-dealkylation sites (tertiary alicyclic amines) is 1. The predicted molar refractivity (Wildman–Crippen MR) is 55.2 cm³/mol. The van der Waals surface area contributed by atoms with Crippen LogP contribution in [0.5, 0.6) is 0 Å². The van der Waals surface area contributed by atoms with E-state index < -0.39 is 0 Å². The highest BCUT2D eigenvalue weighted by Gasteiger charge is 2.23. The molecule has 82 valence electrons. The lowest BCUT2D eigenvalue weighted by Crippen LogP contribution is -2.25. The van der Waals surface area contributed by atoms with E-state index in [4.69, 9.17) is 9.84 Å². The zero-order chi connectivity index (χ0) is 9.80. The molecule has 0 spiro atoms. The minimum Gasteiger partial charge on any atom is -0.396 e. The van der Waals surface area contributed by atoms with E-state index in [0.717, 1.165) is 26.2 Å². The molecule has 0 bridgehead atoms. The zero-order valence-corrected chi connectivity index (χ0v) is 8.82. The van der Waals surface area contributed by atoms with Crippen LogP contribution in [0.1, 0.15) is 25.7 Å². The standard InChI is InChI=1S/C11H21NO2/c13-9-10-3-5-12(8-10)6-4-11-2-1-7-14-11/h10-11,13H,1-9H2. The minimum atomic E-state index is 0.358. The Morgan fingerprint density at radius 3 is 2.93 bits per heavy atom. The van der Waals surface area contributed by atoms with Crippen molar-refractivity contribution in [3.05, 3.63) is 0 Å². The van der Waals surface area contributed by atoms with Gasteiger partial charge in [0, 0.05) is 26.3 Å². The number of aliphatic hydroxyl groups excluding tert-OH is 1. The van der Waals surface area contributed by atoms with Crippen LogP contribution >= 0.6 is 0 Å². The third-order valence-corrected chi connectivity index (χ3v) is 3.42. The molecule has 3 nitrogen and oxygen atoms in total. The first-order valence-electron chi connectivity index (χ1n) is 5.83. The second kappa shape index (κ2) is 5.10. The maximum absolute atomic E-state index is 9.01. The molecule has 2 saturated heterocycles. The molecule has 14 heavy (non-hydrogen) atoms. The molecular weight excluding hydrogens is 178 g/mol. The molecular formula is C11H21NO2. The summed E-state index contributed by atoms with van der Waals surface area (Å²) < 4.78 is 5.59. The van der Waals surface area contributed by atoms with Gasteiger partial charge < -0.3 is 14.7 Å². The Kier molecular flexibility index (Phi) is 3.79. The van der Waals surface area contributed by atoms with Crippen molar-refractivity contribution >= 4 is 0 Å². The maximum Gasteiger partial charge on any atom is 0.0588 e. The SMILES string of the molecule is OCC1CCN(CCC2CCCO2)C1. The number of aliphatic hydroxyl groups is 1. The van der Waals surface area contributed by atoms with Gasteiger partial charge in [-0.3, -0.25) is 0 Å². The Morgan fingerprint density at radius 1 is 1.36 bits per heavy atom. The van der Waals surface area contributed by atoms with E-state index in [-0.39, 0.29) is 0 Å². The zero-order valence-electron chi connectivity index (χ0n) is 8.82. The van der Waals surface area contributed by atoms with E-state index in [1.807, 2.05) is 0 Å². The van der Waals surface area contributed by atoms with Gasteiger partial charge in [-0.1, -0.05) is 0 Å². The first-order chi connectivity index (χ1) is 6.88. The molecule has 0 amide bonds. The summed E-state index contributed by atoms with van der Waals surface area (Å²) in [6.07, 6.45) is 5.35. The van der Waals surface area contributed by atoms with Crippen LogP contribution in [0.25, 0.3) is 0 Å². The lowest BCUT2D eigenvalue weighted by atomic mass is 10.1. The first-order valence-corrected chi connectivity index (χ1v) is 5.83. The van der Waals surface area contributed by atoms with Crippen LogP contribution in [0.3, 0.4) is 0 Å². The van der Waals surface area contributed by atoms with Gasteiger partial charge in [0.05, 0.1) is 6.10 Å². The fourth-order valence-electron chi connectivity index (χ4n) is 2.46. The van der Waals surface area contributed by atoms with Gasteiger partial charge in [0.25, 0.3) is 0 Å². The van der Waals surface area contributed by atoms with Gasteiger partial charge in [-0.05, 0) is 38.1 Å². The quantitative estimate of drug-likeness (QED) is 0.729. The largest absolute Gasteiger partial charge is 0.396 e. The van der Waals surface area contributed by atoms with Gasteiger partial charge in [-0.25, -0.2) is 0 Å². The number of nitrogens with zero attached hydrogens (tertiary/aromatic N) is 1. The molecule has 0 saturated carbocycles. The van der Waals surface area contributed by atoms with Gasteiger partial charge in [-0.2, -0.15) is 0 Å². The predicted octanol–water partition coefficient (Wildman–Crippen LogP) is 0.870. The smallest absolute Gasteiger partial charge is 0.0588 e. The molecule has 2 unspecified atom stereocenters. The molecule has 2 fully saturated rings. The van der Waals surface area contributed by atoms with Crippen molar-refractivity contribution in [1.82, 2.24) is 4.90 Å². The second-order valence-electron chi connectivity index (χ2n) is 4.56. The van der Waals surface area contributed by atoms with Crippen LogP contribution in [-0.2, 0) is 4.74 Å². The maximum atomic E-state index is 9.01. The topological polar surface area (TPSA) is 32.7 Å². The number of ether oxygens (including phenoxy) is 1.